The zero-order valence-electron chi connectivity index (χ0n) is 10.3. The quantitative estimate of drug-likeness (QED) is 0.749. The molecule has 1 spiro atoms. The third-order valence-corrected chi connectivity index (χ3v) is 5.31. The molecule has 0 bridgehead atoms. The van der Waals surface area contributed by atoms with Gasteiger partial charge in [0.05, 0.1) is 0 Å². The summed E-state index contributed by atoms with van der Waals surface area (Å²) in [5.41, 5.74) is 0.777. The number of nitrogens with one attached hydrogen (secondary N) is 1. The highest BCUT2D eigenvalue weighted by Gasteiger charge is 2.58. The Kier molecular flexibility index (Phi) is 2.35. The lowest BCUT2D eigenvalue weighted by molar-refractivity contribution is 0.163. The predicted molar refractivity (Wildman–Crippen MR) is 63.7 cm³/mol. The Balaban J connectivity index is 1.55. The average molecular weight is 207 g/mol. The molecule has 0 radical (unpaired) electrons. The van der Waals surface area contributed by atoms with Crippen LogP contribution in [0.1, 0.15) is 52.4 Å². The summed E-state index contributed by atoms with van der Waals surface area (Å²) in [6.07, 6.45) is 8.88. The van der Waals surface area contributed by atoms with Crippen LogP contribution in [0.3, 0.4) is 0 Å². The molecule has 1 nitrogen and oxygen atoms in total. The van der Waals surface area contributed by atoms with Gasteiger partial charge in [-0.3, -0.25) is 0 Å². The molecular formula is C14H25N. The van der Waals surface area contributed by atoms with E-state index in [1.807, 2.05) is 0 Å². The minimum atomic E-state index is 0.777. The van der Waals surface area contributed by atoms with Gasteiger partial charge in [0.2, 0.25) is 0 Å². The lowest BCUT2D eigenvalue weighted by Crippen LogP contribution is -2.28. The first-order valence-corrected chi connectivity index (χ1v) is 6.94. The van der Waals surface area contributed by atoms with Crippen LogP contribution in [0.4, 0.5) is 0 Å². The molecule has 0 aliphatic heterocycles. The average Bonchev–Trinajstić information content (AvgIpc) is 3.06. The van der Waals surface area contributed by atoms with E-state index in [0.29, 0.717) is 0 Å². The van der Waals surface area contributed by atoms with Gasteiger partial charge in [-0.05, 0) is 61.8 Å². The van der Waals surface area contributed by atoms with Gasteiger partial charge in [-0.25, -0.2) is 0 Å². The molecule has 3 aliphatic rings. The maximum atomic E-state index is 3.73. The zero-order chi connectivity index (χ0) is 10.5. The summed E-state index contributed by atoms with van der Waals surface area (Å²) in [6, 6.07) is 0.902. The maximum absolute atomic E-state index is 3.73. The second kappa shape index (κ2) is 3.48. The molecule has 1 N–H and O–H groups in total. The minimum Gasteiger partial charge on any atom is -0.314 e. The number of hydrogen-bond donors (Lipinski definition) is 1. The van der Waals surface area contributed by atoms with Gasteiger partial charge in [-0.1, -0.05) is 20.3 Å². The van der Waals surface area contributed by atoms with Gasteiger partial charge in [-0.15, -0.1) is 0 Å². The molecule has 15 heavy (non-hydrogen) atoms. The Morgan fingerprint density at radius 2 is 1.87 bits per heavy atom. The predicted octanol–water partition coefficient (Wildman–Crippen LogP) is 3.20. The van der Waals surface area contributed by atoms with E-state index in [1.165, 1.54) is 45.1 Å². The Morgan fingerprint density at radius 3 is 2.60 bits per heavy atom. The third kappa shape index (κ3) is 1.84. The molecule has 1 heteroatoms. The fourth-order valence-corrected chi connectivity index (χ4v) is 3.90. The molecule has 3 fully saturated rings. The molecule has 3 aliphatic carbocycles. The molecule has 0 aromatic carbocycles. The van der Waals surface area contributed by atoms with Crippen LogP contribution in [0.2, 0.25) is 0 Å². The van der Waals surface area contributed by atoms with Crippen LogP contribution < -0.4 is 5.32 Å². The maximum Gasteiger partial charge on any atom is 0.00683 e. The van der Waals surface area contributed by atoms with Crippen molar-refractivity contribution in [3.63, 3.8) is 0 Å². The Labute approximate surface area is 94.0 Å². The van der Waals surface area contributed by atoms with E-state index in [0.717, 1.165) is 29.2 Å². The first kappa shape index (κ1) is 10.1. The van der Waals surface area contributed by atoms with Crippen LogP contribution in [0, 0.1) is 23.2 Å². The fraction of sp³-hybridized carbons (Fsp3) is 1.00. The highest BCUT2D eigenvalue weighted by Crippen LogP contribution is 2.64. The molecule has 3 saturated carbocycles. The van der Waals surface area contributed by atoms with Crippen molar-refractivity contribution in [2.45, 2.75) is 58.4 Å². The highest BCUT2D eigenvalue weighted by molar-refractivity contribution is 5.08. The second-order valence-electron chi connectivity index (χ2n) is 6.60. The van der Waals surface area contributed by atoms with Gasteiger partial charge < -0.3 is 5.32 Å². The van der Waals surface area contributed by atoms with Crippen LogP contribution in [-0.2, 0) is 0 Å². The summed E-state index contributed by atoms with van der Waals surface area (Å²) in [6.45, 7) is 6.28. The lowest BCUT2D eigenvalue weighted by Gasteiger charge is -2.34. The van der Waals surface area contributed by atoms with Gasteiger partial charge in [-0.2, -0.15) is 0 Å². The summed E-state index contributed by atoms with van der Waals surface area (Å²) < 4.78 is 0. The minimum absolute atomic E-state index is 0.777. The van der Waals surface area contributed by atoms with E-state index < -0.39 is 0 Å². The van der Waals surface area contributed by atoms with Gasteiger partial charge in [0.15, 0.2) is 0 Å². The molecule has 4 unspecified atom stereocenters. The van der Waals surface area contributed by atoms with Gasteiger partial charge in [0.1, 0.15) is 0 Å². The summed E-state index contributed by atoms with van der Waals surface area (Å²) in [5.74, 6) is 3.02. The molecule has 4 atom stereocenters. The zero-order valence-corrected chi connectivity index (χ0v) is 10.3. The molecule has 86 valence electrons. The molecule has 0 heterocycles. The van der Waals surface area contributed by atoms with Crippen molar-refractivity contribution in [1.82, 2.24) is 5.32 Å². The first-order chi connectivity index (χ1) is 7.21. The highest BCUT2D eigenvalue weighted by atomic mass is 15.0. The van der Waals surface area contributed by atoms with Crippen LogP contribution in [0.25, 0.3) is 0 Å². The normalized spacial score (nSPS) is 49.6. The van der Waals surface area contributed by atoms with E-state index in [-0.39, 0.29) is 0 Å². The van der Waals surface area contributed by atoms with Crippen molar-refractivity contribution in [2.75, 3.05) is 6.54 Å². The van der Waals surface area contributed by atoms with E-state index in [2.05, 4.69) is 19.2 Å². The van der Waals surface area contributed by atoms with Gasteiger partial charge in [0, 0.05) is 6.04 Å². The molecule has 0 amide bonds. The Bertz CT molecular complexity index is 244. The van der Waals surface area contributed by atoms with Crippen molar-refractivity contribution in [1.29, 1.82) is 0 Å². The fourth-order valence-electron chi connectivity index (χ4n) is 3.90. The standard InChI is InChI=1S/C14H25N/c1-10-3-4-11(2)14(7-10)8-12(14)9-15-13-5-6-13/h10-13,15H,3-9H2,1-2H3. The molecule has 0 saturated heterocycles. The molecule has 0 aromatic rings. The van der Waals surface area contributed by atoms with E-state index in [1.54, 1.807) is 0 Å². The van der Waals surface area contributed by atoms with Crippen molar-refractivity contribution in [2.24, 2.45) is 23.2 Å². The molecule has 0 aromatic heterocycles. The topological polar surface area (TPSA) is 12.0 Å². The number of hydrogen-bond acceptors (Lipinski definition) is 1. The Hall–Kier alpha value is -0.0400. The second-order valence-corrected chi connectivity index (χ2v) is 6.60. The van der Waals surface area contributed by atoms with Crippen LogP contribution in [-0.4, -0.2) is 12.6 Å². The van der Waals surface area contributed by atoms with E-state index in [4.69, 9.17) is 0 Å². The number of rotatable bonds is 3. The van der Waals surface area contributed by atoms with Crippen molar-refractivity contribution in [3.8, 4) is 0 Å². The summed E-state index contributed by atoms with van der Waals surface area (Å²) >= 11 is 0. The van der Waals surface area contributed by atoms with Crippen molar-refractivity contribution < 1.29 is 0 Å². The smallest absolute Gasteiger partial charge is 0.00683 e. The van der Waals surface area contributed by atoms with Crippen LogP contribution >= 0.6 is 0 Å². The summed E-state index contributed by atoms with van der Waals surface area (Å²) in [4.78, 5) is 0. The lowest BCUT2D eigenvalue weighted by atomic mass is 9.71. The third-order valence-electron chi connectivity index (χ3n) is 5.31. The van der Waals surface area contributed by atoms with Crippen molar-refractivity contribution >= 4 is 0 Å². The first-order valence-electron chi connectivity index (χ1n) is 6.94. The van der Waals surface area contributed by atoms with Crippen molar-refractivity contribution in [3.05, 3.63) is 0 Å². The largest absolute Gasteiger partial charge is 0.314 e. The van der Waals surface area contributed by atoms with Crippen LogP contribution in [0.15, 0.2) is 0 Å². The van der Waals surface area contributed by atoms with Crippen LogP contribution in [0.5, 0.6) is 0 Å². The van der Waals surface area contributed by atoms with E-state index in [9.17, 15) is 0 Å². The molecular weight excluding hydrogens is 182 g/mol. The summed E-state index contributed by atoms with van der Waals surface area (Å²) in [5, 5.41) is 3.73. The van der Waals surface area contributed by atoms with Gasteiger partial charge >= 0.3 is 0 Å². The van der Waals surface area contributed by atoms with E-state index >= 15 is 0 Å². The summed E-state index contributed by atoms with van der Waals surface area (Å²) in [7, 11) is 0. The molecule has 3 rings (SSSR count). The SMILES string of the molecule is CC1CCC(C)C2(C1)CC2CNC1CC1. The Morgan fingerprint density at radius 1 is 1.07 bits per heavy atom. The van der Waals surface area contributed by atoms with Gasteiger partial charge in [0.25, 0.3) is 0 Å². The monoisotopic (exact) mass is 207 g/mol.